The first-order chi connectivity index (χ1) is 11.7. The summed E-state index contributed by atoms with van der Waals surface area (Å²) < 4.78 is 37.0. The van der Waals surface area contributed by atoms with Crippen LogP contribution in [-0.2, 0) is 25.8 Å². The third-order valence-electron chi connectivity index (χ3n) is 4.81. The molecule has 0 aliphatic carbocycles. The Balaban J connectivity index is 2.39. The summed E-state index contributed by atoms with van der Waals surface area (Å²) in [6, 6.07) is 5.26. The van der Waals surface area contributed by atoms with Crippen LogP contribution in [0.1, 0.15) is 57.5 Å². The van der Waals surface area contributed by atoms with Gasteiger partial charge in [0.25, 0.3) is 5.91 Å². The van der Waals surface area contributed by atoms with E-state index in [0.717, 1.165) is 17.3 Å². The van der Waals surface area contributed by atoms with Crippen LogP contribution in [0.5, 0.6) is 0 Å². The molecule has 0 spiro atoms. The minimum atomic E-state index is -3.62. The maximum Gasteiger partial charge on any atom is 0.494 e. The number of sulfonamides is 1. The van der Waals surface area contributed by atoms with Crippen LogP contribution in [0.2, 0.25) is 0 Å². The average molecular weight is 381 g/mol. The highest BCUT2D eigenvalue weighted by Crippen LogP contribution is 2.36. The van der Waals surface area contributed by atoms with Gasteiger partial charge in [-0.15, -0.1) is 0 Å². The summed E-state index contributed by atoms with van der Waals surface area (Å²) >= 11 is 0. The van der Waals surface area contributed by atoms with E-state index in [1.807, 2.05) is 52.3 Å². The van der Waals surface area contributed by atoms with Gasteiger partial charge in [-0.3, -0.25) is 4.79 Å². The zero-order chi connectivity index (χ0) is 19.9. The van der Waals surface area contributed by atoms with Crippen molar-refractivity contribution in [3.63, 3.8) is 0 Å². The summed E-state index contributed by atoms with van der Waals surface area (Å²) in [6.07, 6.45) is 1.60. The van der Waals surface area contributed by atoms with Crippen molar-refractivity contribution in [1.82, 2.24) is 4.72 Å². The fourth-order valence-electron chi connectivity index (χ4n) is 2.79. The smallest absolute Gasteiger partial charge is 0.399 e. The molecule has 26 heavy (non-hydrogen) atoms. The molecule has 0 unspecified atom stereocenters. The van der Waals surface area contributed by atoms with Crippen LogP contribution in [-0.4, -0.2) is 38.9 Å². The van der Waals surface area contributed by atoms with E-state index in [1.165, 1.54) is 0 Å². The van der Waals surface area contributed by atoms with Gasteiger partial charge in [0.2, 0.25) is 10.0 Å². The van der Waals surface area contributed by atoms with Gasteiger partial charge in [-0.05, 0) is 57.1 Å². The van der Waals surface area contributed by atoms with Gasteiger partial charge in [0.1, 0.15) is 0 Å². The molecule has 1 amide bonds. The predicted octanol–water partition coefficient (Wildman–Crippen LogP) is 1.87. The second-order valence-corrected chi connectivity index (χ2v) is 10.1. The highest BCUT2D eigenvalue weighted by atomic mass is 32.2. The van der Waals surface area contributed by atoms with Gasteiger partial charge >= 0.3 is 7.12 Å². The molecule has 1 aromatic rings. The molecule has 2 rings (SSSR count). The molecule has 144 valence electrons. The highest BCUT2D eigenvalue weighted by molar-refractivity contribution is 7.89. The zero-order valence-electron chi connectivity index (χ0n) is 16.5. The molecular weight excluding hydrogens is 353 g/mol. The molecule has 0 atom stereocenters. The highest BCUT2D eigenvalue weighted by Gasteiger charge is 2.51. The third-order valence-corrected chi connectivity index (χ3v) is 5.36. The monoisotopic (exact) mass is 381 g/mol. The van der Waals surface area contributed by atoms with Gasteiger partial charge < -0.3 is 9.31 Å². The Morgan fingerprint density at radius 1 is 1.15 bits per heavy atom. The molecule has 0 bridgehead atoms. The van der Waals surface area contributed by atoms with Crippen molar-refractivity contribution in [3.05, 3.63) is 29.3 Å². The van der Waals surface area contributed by atoms with Crippen molar-refractivity contribution in [2.24, 2.45) is 5.92 Å². The second kappa shape index (κ2) is 6.98. The van der Waals surface area contributed by atoms with Crippen molar-refractivity contribution in [1.29, 1.82) is 0 Å². The van der Waals surface area contributed by atoms with Crippen LogP contribution in [0.15, 0.2) is 18.2 Å². The summed E-state index contributed by atoms with van der Waals surface area (Å²) in [5.74, 6) is -0.322. The van der Waals surface area contributed by atoms with Crippen molar-refractivity contribution >= 4 is 28.5 Å². The van der Waals surface area contributed by atoms with Gasteiger partial charge in [-0.25, -0.2) is 13.1 Å². The van der Waals surface area contributed by atoms with Crippen LogP contribution < -0.4 is 10.2 Å². The normalized spacial score (nSPS) is 19.0. The van der Waals surface area contributed by atoms with E-state index in [9.17, 15) is 13.2 Å². The summed E-state index contributed by atoms with van der Waals surface area (Å²) in [6.45, 7) is 12.0. The number of benzene rings is 1. The number of carbonyl (C=O) groups is 1. The first kappa shape index (κ1) is 20.9. The molecule has 0 saturated carbocycles. The van der Waals surface area contributed by atoms with E-state index in [4.69, 9.17) is 9.31 Å². The number of amides is 1. The maximum atomic E-state index is 12.3. The van der Waals surface area contributed by atoms with E-state index < -0.39 is 34.3 Å². The Morgan fingerprint density at radius 3 is 2.15 bits per heavy atom. The summed E-state index contributed by atoms with van der Waals surface area (Å²) in [5, 5.41) is 0. The average Bonchev–Trinajstić information content (AvgIpc) is 2.64. The van der Waals surface area contributed by atoms with Crippen molar-refractivity contribution in [2.45, 2.75) is 59.2 Å². The minimum Gasteiger partial charge on any atom is -0.399 e. The number of nitrogens with one attached hydrogen (secondary N) is 1. The lowest BCUT2D eigenvalue weighted by Crippen LogP contribution is -2.41. The second-order valence-electron chi connectivity index (χ2n) is 8.31. The molecule has 1 N–H and O–H groups in total. The van der Waals surface area contributed by atoms with Crippen LogP contribution >= 0.6 is 0 Å². The van der Waals surface area contributed by atoms with E-state index in [-0.39, 0.29) is 0 Å². The first-order valence-corrected chi connectivity index (χ1v) is 10.6. The molecule has 0 aromatic heterocycles. The summed E-state index contributed by atoms with van der Waals surface area (Å²) in [7, 11) is -4.15. The Bertz CT molecular complexity index is 786. The summed E-state index contributed by atoms with van der Waals surface area (Å²) in [5.41, 5.74) is 1.03. The van der Waals surface area contributed by atoms with Gasteiger partial charge in [0.15, 0.2) is 0 Å². The van der Waals surface area contributed by atoms with E-state index in [1.54, 1.807) is 12.1 Å². The largest absolute Gasteiger partial charge is 0.494 e. The lowest BCUT2D eigenvalue weighted by Gasteiger charge is -2.32. The van der Waals surface area contributed by atoms with Crippen LogP contribution in [0.3, 0.4) is 0 Å². The summed E-state index contributed by atoms with van der Waals surface area (Å²) in [4.78, 5) is 12.3. The van der Waals surface area contributed by atoms with Crippen molar-refractivity contribution in [2.75, 3.05) is 6.26 Å². The van der Waals surface area contributed by atoms with Gasteiger partial charge in [0.05, 0.1) is 17.5 Å². The number of hydrogen-bond acceptors (Lipinski definition) is 5. The molecule has 1 saturated heterocycles. The Labute approximate surface area is 156 Å². The first-order valence-electron chi connectivity index (χ1n) is 8.72. The predicted molar refractivity (Wildman–Crippen MR) is 103 cm³/mol. The maximum absolute atomic E-state index is 12.3. The Morgan fingerprint density at radius 2 is 1.69 bits per heavy atom. The lowest BCUT2D eigenvalue weighted by atomic mass is 9.77. The molecule has 0 radical (unpaired) electrons. The fourth-order valence-corrected chi connectivity index (χ4v) is 3.24. The zero-order valence-corrected chi connectivity index (χ0v) is 17.4. The fraction of sp³-hybridized carbons (Fsp3) is 0.611. The molecule has 8 heteroatoms. The standard InChI is InChI=1S/C18H28BNO5S/c1-12(2)10-13-11-14(19-24-17(3,4)18(5,6)25-19)8-9-15(13)16(21)20-26(7,22)23/h8-9,11-12H,10H2,1-7H3,(H,20,21). The van der Waals surface area contributed by atoms with Crippen molar-refractivity contribution < 1.29 is 22.5 Å². The van der Waals surface area contributed by atoms with Gasteiger partial charge in [-0.2, -0.15) is 0 Å². The van der Waals surface area contributed by atoms with Crippen molar-refractivity contribution in [3.8, 4) is 0 Å². The third kappa shape index (κ3) is 4.66. The van der Waals surface area contributed by atoms with Gasteiger partial charge in [-0.1, -0.05) is 26.0 Å². The number of hydrogen-bond donors (Lipinski definition) is 1. The topological polar surface area (TPSA) is 81.7 Å². The molecule has 1 heterocycles. The number of carbonyl (C=O) groups excluding carboxylic acids is 1. The Hall–Kier alpha value is -1.38. The SMILES string of the molecule is CC(C)Cc1cc(B2OC(C)(C)C(C)(C)O2)ccc1C(=O)NS(C)(=O)=O. The molecule has 1 aromatic carbocycles. The molecule has 1 aliphatic rings. The minimum absolute atomic E-state index is 0.299. The van der Waals surface area contributed by atoms with E-state index in [0.29, 0.717) is 17.9 Å². The molecule has 6 nitrogen and oxygen atoms in total. The molecule has 1 aliphatic heterocycles. The van der Waals surface area contributed by atoms with E-state index in [2.05, 4.69) is 0 Å². The van der Waals surface area contributed by atoms with E-state index >= 15 is 0 Å². The van der Waals surface area contributed by atoms with Crippen LogP contribution in [0.25, 0.3) is 0 Å². The quantitative estimate of drug-likeness (QED) is 0.788. The lowest BCUT2D eigenvalue weighted by molar-refractivity contribution is 0.00578. The van der Waals surface area contributed by atoms with Crippen LogP contribution in [0, 0.1) is 5.92 Å². The number of rotatable bonds is 5. The van der Waals surface area contributed by atoms with Gasteiger partial charge in [0, 0.05) is 5.56 Å². The molecule has 1 fully saturated rings. The Kier molecular flexibility index (Phi) is 5.62. The van der Waals surface area contributed by atoms with Crippen LogP contribution in [0.4, 0.5) is 0 Å². The molecular formula is C18H28BNO5S.